The van der Waals surface area contributed by atoms with Crippen LogP contribution in [-0.4, -0.2) is 27.3 Å². The number of carbonyl (C=O) groups is 1. The second kappa shape index (κ2) is 7.99. The number of halogens is 2. The summed E-state index contributed by atoms with van der Waals surface area (Å²) < 4.78 is 16.3. The van der Waals surface area contributed by atoms with Gasteiger partial charge >= 0.3 is 0 Å². The molecule has 0 saturated heterocycles. The quantitative estimate of drug-likeness (QED) is 0.294. The Bertz CT molecular complexity index is 1410. The number of hydrogen-bond donors (Lipinski definition) is 0. The van der Waals surface area contributed by atoms with Crippen molar-refractivity contribution in [2.24, 2.45) is 0 Å². The van der Waals surface area contributed by atoms with E-state index in [0.29, 0.717) is 38.8 Å². The fraction of sp³-hybridized carbons (Fsp3) is 0.269. The number of aromatic nitrogens is 2. The maximum Gasteiger partial charge on any atom is 0.273 e. The summed E-state index contributed by atoms with van der Waals surface area (Å²) in [6.07, 6.45) is 3.04. The Hall–Kier alpha value is -2.64. The highest BCUT2D eigenvalue weighted by atomic mass is 79.9. The van der Waals surface area contributed by atoms with Gasteiger partial charge in [0.05, 0.1) is 10.7 Å². The van der Waals surface area contributed by atoms with Gasteiger partial charge in [-0.3, -0.25) is 4.79 Å². The van der Waals surface area contributed by atoms with Gasteiger partial charge in [-0.05, 0) is 73.1 Å². The van der Waals surface area contributed by atoms with Crippen molar-refractivity contribution in [2.75, 3.05) is 6.54 Å². The minimum absolute atomic E-state index is 0.00724. The summed E-state index contributed by atoms with van der Waals surface area (Å²) in [5, 5.41) is 0.592. The lowest BCUT2D eigenvalue weighted by Crippen LogP contribution is -2.39. The van der Waals surface area contributed by atoms with Crippen LogP contribution < -0.4 is 0 Å². The van der Waals surface area contributed by atoms with E-state index in [2.05, 4.69) is 51.0 Å². The van der Waals surface area contributed by atoms with Gasteiger partial charge in [0.25, 0.3) is 5.91 Å². The van der Waals surface area contributed by atoms with E-state index in [-0.39, 0.29) is 17.8 Å². The zero-order valence-corrected chi connectivity index (χ0v) is 20.4. The van der Waals surface area contributed by atoms with E-state index >= 15 is 0 Å². The van der Waals surface area contributed by atoms with Crippen molar-refractivity contribution >= 4 is 43.5 Å². The van der Waals surface area contributed by atoms with E-state index in [9.17, 15) is 9.18 Å². The van der Waals surface area contributed by atoms with E-state index in [4.69, 9.17) is 0 Å². The molecule has 0 unspecified atom stereocenters. The molecule has 2 aromatic carbocycles. The van der Waals surface area contributed by atoms with Crippen molar-refractivity contribution in [3.8, 4) is 10.6 Å². The Morgan fingerprint density at radius 3 is 2.73 bits per heavy atom. The first-order chi connectivity index (χ1) is 16.0. The summed E-state index contributed by atoms with van der Waals surface area (Å²) in [6.45, 7) is 2.75. The van der Waals surface area contributed by atoms with Gasteiger partial charge in [0, 0.05) is 16.6 Å². The largest absolute Gasteiger partial charge is 0.330 e. The number of hydrogen-bond acceptors (Lipinski definition) is 4. The highest BCUT2D eigenvalue weighted by Crippen LogP contribution is 2.46. The van der Waals surface area contributed by atoms with Crippen molar-refractivity contribution in [2.45, 2.75) is 38.1 Å². The molecule has 1 amide bonds. The normalized spacial score (nSPS) is 17.9. The standard InChI is InChI=1S/C26H21BrFN3OS/c1-14-18-5-3-2-4-15(18)10-11-31(14)26(32)22-13-20(16-6-7-16)23-24(29-22)30-25(33-23)19-9-8-17(27)12-21(19)28/h2-5,8-9,12-14,16H,6-7,10-11H2,1H3/t14-/m1/s1. The summed E-state index contributed by atoms with van der Waals surface area (Å²) >= 11 is 4.77. The zero-order chi connectivity index (χ0) is 22.7. The van der Waals surface area contributed by atoms with Crippen LogP contribution >= 0.6 is 27.3 Å². The van der Waals surface area contributed by atoms with Gasteiger partial charge in [0.2, 0.25) is 0 Å². The third kappa shape index (κ3) is 3.67. The van der Waals surface area contributed by atoms with Crippen LogP contribution in [0.3, 0.4) is 0 Å². The number of fused-ring (bicyclic) bond motifs is 2. The minimum atomic E-state index is -0.325. The number of benzene rings is 2. The molecule has 4 nitrogen and oxygen atoms in total. The molecule has 0 spiro atoms. The van der Waals surface area contributed by atoms with E-state index in [1.54, 1.807) is 6.07 Å². The van der Waals surface area contributed by atoms with E-state index in [1.807, 2.05) is 23.1 Å². The first kappa shape index (κ1) is 20.9. The van der Waals surface area contributed by atoms with Gasteiger partial charge in [-0.2, -0.15) is 0 Å². The second-order valence-electron chi connectivity index (χ2n) is 8.79. The average Bonchev–Trinajstić information content (AvgIpc) is 3.57. The Labute approximate surface area is 203 Å². The van der Waals surface area contributed by atoms with Crippen molar-refractivity contribution in [3.05, 3.63) is 81.2 Å². The highest BCUT2D eigenvalue weighted by Gasteiger charge is 2.32. The maximum absolute atomic E-state index is 14.6. The van der Waals surface area contributed by atoms with Crippen LogP contribution in [0, 0.1) is 5.82 Å². The van der Waals surface area contributed by atoms with Crippen LogP contribution in [0.15, 0.2) is 53.0 Å². The van der Waals surface area contributed by atoms with Gasteiger partial charge in [-0.1, -0.05) is 40.2 Å². The number of rotatable bonds is 3. The first-order valence-corrected chi connectivity index (χ1v) is 12.8. The molecule has 0 N–H and O–H groups in total. The van der Waals surface area contributed by atoms with Gasteiger partial charge in [-0.15, -0.1) is 11.3 Å². The number of thiazole rings is 1. The molecular weight excluding hydrogens is 501 g/mol. The molecule has 4 aromatic rings. The molecule has 1 atom stereocenters. The van der Waals surface area contributed by atoms with Crippen LogP contribution in [0.5, 0.6) is 0 Å². The molecule has 2 aliphatic rings. The summed E-state index contributed by atoms with van der Waals surface area (Å²) in [4.78, 5) is 24.9. The first-order valence-electron chi connectivity index (χ1n) is 11.2. The van der Waals surface area contributed by atoms with E-state index in [1.165, 1.54) is 28.5 Å². The monoisotopic (exact) mass is 521 g/mol. The third-order valence-electron chi connectivity index (χ3n) is 6.64. The zero-order valence-electron chi connectivity index (χ0n) is 18.0. The van der Waals surface area contributed by atoms with Crippen LogP contribution in [0.25, 0.3) is 20.9 Å². The fourth-order valence-electron chi connectivity index (χ4n) is 4.72. The summed E-state index contributed by atoms with van der Waals surface area (Å²) in [6, 6.07) is 15.2. The summed E-state index contributed by atoms with van der Waals surface area (Å²) in [7, 11) is 0. The predicted molar refractivity (Wildman–Crippen MR) is 132 cm³/mol. The number of amides is 1. The Morgan fingerprint density at radius 1 is 1.12 bits per heavy atom. The van der Waals surface area contributed by atoms with Crippen LogP contribution in [0.1, 0.15) is 58.9 Å². The van der Waals surface area contributed by atoms with Crippen molar-refractivity contribution in [1.29, 1.82) is 0 Å². The van der Waals surface area contributed by atoms with Crippen molar-refractivity contribution < 1.29 is 9.18 Å². The van der Waals surface area contributed by atoms with Crippen LogP contribution in [-0.2, 0) is 6.42 Å². The lowest BCUT2D eigenvalue weighted by Gasteiger charge is -2.35. The molecule has 2 aromatic heterocycles. The second-order valence-corrected chi connectivity index (χ2v) is 10.7. The van der Waals surface area contributed by atoms with Crippen molar-refractivity contribution in [3.63, 3.8) is 0 Å². The molecule has 1 aliphatic heterocycles. The van der Waals surface area contributed by atoms with E-state index in [0.717, 1.165) is 29.5 Å². The molecule has 33 heavy (non-hydrogen) atoms. The fourth-order valence-corrected chi connectivity index (χ4v) is 6.18. The molecule has 1 saturated carbocycles. The molecule has 7 heteroatoms. The molecule has 1 fully saturated rings. The molecular formula is C26H21BrFN3OS. The molecule has 6 rings (SSSR count). The van der Waals surface area contributed by atoms with Gasteiger partial charge in [0.15, 0.2) is 5.65 Å². The maximum atomic E-state index is 14.6. The molecule has 166 valence electrons. The number of nitrogens with zero attached hydrogens (tertiary/aromatic N) is 3. The number of carbonyl (C=O) groups excluding carboxylic acids is 1. The summed E-state index contributed by atoms with van der Waals surface area (Å²) in [5.74, 6) is 0.0308. The van der Waals surface area contributed by atoms with Crippen LogP contribution in [0.2, 0.25) is 0 Å². The third-order valence-corrected chi connectivity index (χ3v) is 8.26. The molecule has 0 radical (unpaired) electrons. The highest BCUT2D eigenvalue weighted by molar-refractivity contribution is 9.10. The minimum Gasteiger partial charge on any atom is -0.330 e. The smallest absolute Gasteiger partial charge is 0.273 e. The average molecular weight is 522 g/mol. The molecule has 0 bridgehead atoms. The summed E-state index contributed by atoms with van der Waals surface area (Å²) in [5.41, 5.74) is 5.05. The Balaban J connectivity index is 1.41. The SMILES string of the molecule is C[C@@H]1c2ccccc2CCN1C(=O)c1cc(C2CC2)c2sc(-c3ccc(Br)cc3F)nc2n1. The van der Waals surface area contributed by atoms with E-state index < -0.39 is 0 Å². The van der Waals surface area contributed by atoms with Crippen LogP contribution in [0.4, 0.5) is 4.39 Å². The number of pyridine rings is 1. The van der Waals surface area contributed by atoms with Crippen molar-refractivity contribution in [1.82, 2.24) is 14.9 Å². The lowest BCUT2D eigenvalue weighted by atomic mass is 9.93. The topological polar surface area (TPSA) is 46.1 Å². The Morgan fingerprint density at radius 2 is 1.94 bits per heavy atom. The Kier molecular flexibility index (Phi) is 5.07. The lowest BCUT2D eigenvalue weighted by molar-refractivity contribution is 0.0672. The van der Waals surface area contributed by atoms with Gasteiger partial charge in [-0.25, -0.2) is 14.4 Å². The van der Waals surface area contributed by atoms with Gasteiger partial charge in [0.1, 0.15) is 16.5 Å². The van der Waals surface area contributed by atoms with Gasteiger partial charge < -0.3 is 4.90 Å². The predicted octanol–water partition coefficient (Wildman–Crippen LogP) is 6.90. The molecule has 3 heterocycles. The molecule has 1 aliphatic carbocycles.